The summed E-state index contributed by atoms with van der Waals surface area (Å²) >= 11 is 0. The van der Waals surface area contributed by atoms with Crippen LogP contribution in [0.15, 0.2) is 66.5 Å². The summed E-state index contributed by atoms with van der Waals surface area (Å²) in [6.45, 7) is 4.20. The Bertz CT molecular complexity index is 718. The molecule has 26 heavy (non-hydrogen) atoms. The fraction of sp³-hybridized carbons (Fsp3) is 0.333. The summed E-state index contributed by atoms with van der Waals surface area (Å²) in [5, 5.41) is 10.5. The molecule has 0 bridgehead atoms. The fourth-order valence-electron chi connectivity index (χ4n) is 2.73. The molecule has 140 valence electrons. The summed E-state index contributed by atoms with van der Waals surface area (Å²) in [6.07, 6.45) is 0.495. The SMILES string of the molecule is CCOP(=O)(C=C(CCC(O)c1ccccc1)c1ccccc1)OCC. The molecular formula is C21H27O4P. The molecule has 0 spiro atoms. The van der Waals surface area contributed by atoms with Crippen LogP contribution in [-0.2, 0) is 13.6 Å². The van der Waals surface area contributed by atoms with Gasteiger partial charge < -0.3 is 14.2 Å². The molecule has 1 unspecified atom stereocenters. The number of hydrogen-bond donors (Lipinski definition) is 1. The summed E-state index contributed by atoms with van der Waals surface area (Å²) in [4.78, 5) is 0. The molecule has 5 heteroatoms. The number of rotatable bonds is 10. The zero-order chi connectivity index (χ0) is 18.8. The van der Waals surface area contributed by atoms with E-state index in [1.165, 1.54) is 0 Å². The van der Waals surface area contributed by atoms with E-state index in [4.69, 9.17) is 9.05 Å². The van der Waals surface area contributed by atoms with Crippen molar-refractivity contribution in [3.05, 3.63) is 77.6 Å². The minimum absolute atomic E-state index is 0.308. The summed E-state index contributed by atoms with van der Waals surface area (Å²) in [6, 6.07) is 19.3. The van der Waals surface area contributed by atoms with E-state index in [0.29, 0.717) is 26.1 Å². The van der Waals surface area contributed by atoms with Crippen LogP contribution in [0.25, 0.3) is 5.57 Å². The Balaban J connectivity index is 2.24. The van der Waals surface area contributed by atoms with Crippen molar-refractivity contribution < 1.29 is 18.7 Å². The zero-order valence-electron chi connectivity index (χ0n) is 15.4. The van der Waals surface area contributed by atoms with Gasteiger partial charge in [-0.05, 0) is 43.4 Å². The maximum atomic E-state index is 12.9. The Hall–Kier alpha value is -1.71. The lowest BCUT2D eigenvalue weighted by molar-refractivity contribution is 0.169. The van der Waals surface area contributed by atoms with Crippen LogP contribution in [-0.4, -0.2) is 18.3 Å². The lowest BCUT2D eigenvalue weighted by Gasteiger charge is -2.17. The van der Waals surface area contributed by atoms with Crippen molar-refractivity contribution in [1.82, 2.24) is 0 Å². The fourth-order valence-corrected chi connectivity index (χ4v) is 4.34. The van der Waals surface area contributed by atoms with E-state index in [2.05, 4.69) is 0 Å². The van der Waals surface area contributed by atoms with Gasteiger partial charge in [0, 0.05) is 5.82 Å². The molecule has 0 aliphatic carbocycles. The Kier molecular flexibility index (Phi) is 8.27. The van der Waals surface area contributed by atoms with Gasteiger partial charge in [0.05, 0.1) is 19.3 Å². The van der Waals surface area contributed by atoms with Crippen LogP contribution in [0.3, 0.4) is 0 Å². The molecule has 2 aromatic carbocycles. The molecule has 2 rings (SSSR count). The Morgan fingerprint density at radius 2 is 1.54 bits per heavy atom. The van der Waals surface area contributed by atoms with Crippen LogP contribution in [0.5, 0.6) is 0 Å². The van der Waals surface area contributed by atoms with E-state index in [9.17, 15) is 9.67 Å². The molecule has 1 N–H and O–H groups in total. The third-order valence-electron chi connectivity index (χ3n) is 3.95. The summed E-state index contributed by atoms with van der Waals surface area (Å²) in [7, 11) is -3.32. The highest BCUT2D eigenvalue weighted by Crippen LogP contribution is 2.52. The Morgan fingerprint density at radius 1 is 1.00 bits per heavy atom. The number of hydrogen-bond acceptors (Lipinski definition) is 4. The first-order valence-corrected chi connectivity index (χ1v) is 10.6. The van der Waals surface area contributed by atoms with E-state index < -0.39 is 13.7 Å². The first-order valence-electron chi connectivity index (χ1n) is 8.97. The first kappa shape index (κ1) is 20.6. The van der Waals surface area contributed by atoms with Crippen molar-refractivity contribution in [2.45, 2.75) is 32.8 Å². The predicted octanol–water partition coefficient (Wildman–Crippen LogP) is 5.81. The molecule has 0 amide bonds. The van der Waals surface area contributed by atoms with E-state index in [0.717, 1.165) is 16.7 Å². The quantitative estimate of drug-likeness (QED) is 0.533. The first-order chi connectivity index (χ1) is 12.6. The lowest BCUT2D eigenvalue weighted by Crippen LogP contribution is -1.99. The average molecular weight is 374 g/mol. The normalized spacial score (nSPS) is 13.6. The second-order valence-corrected chi connectivity index (χ2v) is 7.72. The minimum atomic E-state index is -3.32. The van der Waals surface area contributed by atoms with Crippen molar-refractivity contribution in [2.24, 2.45) is 0 Å². The van der Waals surface area contributed by atoms with E-state index in [1.54, 1.807) is 19.7 Å². The highest BCUT2D eigenvalue weighted by molar-refractivity contribution is 7.57. The van der Waals surface area contributed by atoms with Gasteiger partial charge in [0.2, 0.25) is 0 Å². The molecule has 0 aliphatic rings. The summed E-state index contributed by atoms with van der Waals surface area (Å²) < 4.78 is 23.7. The second-order valence-electron chi connectivity index (χ2n) is 5.86. The molecular weight excluding hydrogens is 347 g/mol. The number of allylic oxidation sites excluding steroid dienone is 1. The molecule has 0 radical (unpaired) electrons. The van der Waals surface area contributed by atoms with Gasteiger partial charge in [-0.25, -0.2) is 0 Å². The molecule has 0 saturated heterocycles. The maximum Gasteiger partial charge on any atom is 0.354 e. The van der Waals surface area contributed by atoms with E-state index >= 15 is 0 Å². The smallest absolute Gasteiger partial charge is 0.354 e. The molecule has 0 aromatic heterocycles. The lowest BCUT2D eigenvalue weighted by atomic mass is 9.98. The van der Waals surface area contributed by atoms with Crippen LogP contribution in [0.4, 0.5) is 0 Å². The van der Waals surface area contributed by atoms with Gasteiger partial charge in [-0.3, -0.25) is 4.57 Å². The van der Waals surface area contributed by atoms with E-state index in [1.807, 2.05) is 60.7 Å². The largest absolute Gasteiger partial charge is 0.388 e. The zero-order valence-corrected chi connectivity index (χ0v) is 16.3. The summed E-state index contributed by atoms with van der Waals surface area (Å²) in [5.74, 6) is 1.60. The van der Waals surface area contributed by atoms with Crippen LogP contribution >= 0.6 is 7.60 Å². The van der Waals surface area contributed by atoms with Crippen molar-refractivity contribution >= 4 is 13.2 Å². The highest BCUT2D eigenvalue weighted by atomic mass is 31.2. The average Bonchev–Trinajstić information content (AvgIpc) is 2.66. The van der Waals surface area contributed by atoms with Crippen molar-refractivity contribution in [1.29, 1.82) is 0 Å². The number of aliphatic hydroxyl groups excluding tert-OH is 1. The minimum Gasteiger partial charge on any atom is -0.388 e. The van der Waals surface area contributed by atoms with Gasteiger partial charge in [-0.1, -0.05) is 60.7 Å². The van der Waals surface area contributed by atoms with Gasteiger partial charge in [0.15, 0.2) is 0 Å². The third-order valence-corrected chi connectivity index (χ3v) is 5.81. The van der Waals surface area contributed by atoms with Gasteiger partial charge in [-0.15, -0.1) is 0 Å². The molecule has 1 atom stereocenters. The molecule has 0 aliphatic heterocycles. The van der Waals surface area contributed by atoms with Crippen molar-refractivity contribution in [2.75, 3.05) is 13.2 Å². The van der Waals surface area contributed by atoms with Gasteiger partial charge >= 0.3 is 7.60 Å². The van der Waals surface area contributed by atoms with Gasteiger partial charge in [-0.2, -0.15) is 0 Å². The predicted molar refractivity (Wildman–Crippen MR) is 106 cm³/mol. The Labute approximate surface area is 156 Å². The van der Waals surface area contributed by atoms with E-state index in [-0.39, 0.29) is 0 Å². The van der Waals surface area contributed by atoms with Crippen molar-refractivity contribution in [3.63, 3.8) is 0 Å². The van der Waals surface area contributed by atoms with Gasteiger partial charge in [0.25, 0.3) is 0 Å². The van der Waals surface area contributed by atoms with Gasteiger partial charge in [0.1, 0.15) is 0 Å². The highest BCUT2D eigenvalue weighted by Gasteiger charge is 2.22. The summed E-state index contributed by atoms with van der Waals surface area (Å²) in [5.41, 5.74) is 2.68. The monoisotopic (exact) mass is 374 g/mol. The molecule has 0 fully saturated rings. The Morgan fingerprint density at radius 3 is 2.08 bits per heavy atom. The second kappa shape index (κ2) is 10.4. The standard InChI is InChI=1S/C21H27O4P/c1-3-24-26(23,25-4-2)17-20(18-11-7-5-8-12-18)15-16-21(22)19-13-9-6-10-14-19/h5-14,17,21-22H,3-4,15-16H2,1-2H3. The van der Waals surface area contributed by atoms with Crippen LogP contribution in [0.2, 0.25) is 0 Å². The van der Waals surface area contributed by atoms with Crippen LogP contribution in [0, 0.1) is 0 Å². The maximum absolute atomic E-state index is 12.9. The van der Waals surface area contributed by atoms with Crippen LogP contribution in [0.1, 0.15) is 43.9 Å². The molecule has 2 aromatic rings. The van der Waals surface area contributed by atoms with Crippen molar-refractivity contribution in [3.8, 4) is 0 Å². The number of aliphatic hydroxyl groups is 1. The number of benzene rings is 2. The topological polar surface area (TPSA) is 55.8 Å². The molecule has 4 nitrogen and oxygen atoms in total. The van der Waals surface area contributed by atoms with Crippen LogP contribution < -0.4 is 0 Å². The third kappa shape index (κ3) is 6.22. The molecule has 0 saturated carbocycles. The molecule has 0 heterocycles.